The minimum Gasteiger partial charge on any atom is -0.347 e. The van der Waals surface area contributed by atoms with Gasteiger partial charge in [0.2, 0.25) is 0 Å². The summed E-state index contributed by atoms with van der Waals surface area (Å²) in [6.07, 6.45) is 3.51. The highest BCUT2D eigenvalue weighted by Crippen LogP contribution is 2.39. The van der Waals surface area contributed by atoms with Gasteiger partial charge in [-0.15, -0.1) is 0 Å². The van der Waals surface area contributed by atoms with Gasteiger partial charge in [-0.25, -0.2) is 13.8 Å². The fourth-order valence-corrected chi connectivity index (χ4v) is 3.96. The van der Waals surface area contributed by atoms with Crippen molar-refractivity contribution in [3.63, 3.8) is 0 Å². The number of benzene rings is 1. The van der Waals surface area contributed by atoms with E-state index in [4.69, 9.17) is 0 Å². The lowest BCUT2D eigenvalue weighted by Gasteiger charge is -2.25. The van der Waals surface area contributed by atoms with Gasteiger partial charge in [-0.05, 0) is 42.5 Å². The third-order valence-electron chi connectivity index (χ3n) is 5.25. The van der Waals surface area contributed by atoms with E-state index in [1.807, 2.05) is 25.7 Å². The van der Waals surface area contributed by atoms with E-state index in [0.717, 1.165) is 18.6 Å². The molecule has 1 atom stereocenters. The molecule has 1 N–H and O–H groups in total. The third-order valence-corrected chi connectivity index (χ3v) is 5.25. The molecule has 0 amide bonds. The summed E-state index contributed by atoms with van der Waals surface area (Å²) in [7, 11) is 0. The van der Waals surface area contributed by atoms with Crippen LogP contribution in [0, 0.1) is 17.0 Å². The van der Waals surface area contributed by atoms with E-state index >= 15 is 0 Å². The Bertz CT molecular complexity index is 1070. The molecule has 7 heteroatoms. The molecule has 1 fully saturated rings. The third kappa shape index (κ3) is 3.86. The fourth-order valence-electron chi connectivity index (χ4n) is 3.96. The van der Waals surface area contributed by atoms with E-state index in [-0.39, 0.29) is 17.2 Å². The van der Waals surface area contributed by atoms with Crippen molar-refractivity contribution in [3.05, 3.63) is 53.2 Å². The lowest BCUT2D eigenvalue weighted by atomic mass is 9.88. The van der Waals surface area contributed by atoms with Gasteiger partial charge >= 0.3 is 0 Å². The summed E-state index contributed by atoms with van der Waals surface area (Å²) >= 11 is 0. The first-order chi connectivity index (χ1) is 13.7. The zero-order valence-electron chi connectivity index (χ0n) is 16.8. The molecule has 0 bridgehead atoms. The molecule has 4 rings (SSSR count). The van der Waals surface area contributed by atoms with Crippen molar-refractivity contribution in [1.29, 1.82) is 0 Å². The Morgan fingerprint density at radius 1 is 1.28 bits per heavy atom. The number of carbonyl (C=O) groups is 1. The molecule has 29 heavy (non-hydrogen) atoms. The number of rotatable bonds is 4. The normalized spacial score (nSPS) is 17.3. The second-order valence-corrected chi connectivity index (χ2v) is 8.85. The maximum Gasteiger partial charge on any atom is 0.164 e. The zero-order valence-corrected chi connectivity index (χ0v) is 16.8. The smallest absolute Gasteiger partial charge is 0.164 e. The number of aromatic amines is 1. The molecule has 2 aromatic heterocycles. The maximum absolute atomic E-state index is 14.4. The molecule has 1 aliphatic heterocycles. The first-order valence-electron chi connectivity index (χ1n) is 9.82. The summed E-state index contributed by atoms with van der Waals surface area (Å²) in [5, 5.41) is 8.00. The van der Waals surface area contributed by atoms with Crippen molar-refractivity contribution < 1.29 is 13.6 Å². The topological polar surface area (TPSA) is 61.9 Å². The minimum absolute atomic E-state index is 0.0215. The molecule has 1 aromatic carbocycles. The zero-order chi connectivity index (χ0) is 20.8. The average molecular weight is 398 g/mol. The van der Waals surface area contributed by atoms with Crippen LogP contribution in [-0.4, -0.2) is 27.5 Å². The van der Waals surface area contributed by atoms with Crippen LogP contribution in [0.15, 0.2) is 30.5 Å². The molecule has 1 saturated heterocycles. The molecule has 3 aromatic rings. The van der Waals surface area contributed by atoms with Gasteiger partial charge in [0.25, 0.3) is 0 Å². The Morgan fingerprint density at radius 3 is 2.83 bits per heavy atom. The Kier molecular flexibility index (Phi) is 4.84. The van der Waals surface area contributed by atoms with Gasteiger partial charge < -0.3 is 4.90 Å². The van der Waals surface area contributed by atoms with Crippen LogP contribution in [0.1, 0.15) is 62.0 Å². The molecule has 3 heterocycles. The Labute approximate surface area is 168 Å². The highest BCUT2D eigenvalue weighted by atomic mass is 19.1. The van der Waals surface area contributed by atoms with Gasteiger partial charge in [-0.1, -0.05) is 20.8 Å². The average Bonchev–Trinajstić information content (AvgIpc) is 3.28. The van der Waals surface area contributed by atoms with Crippen LogP contribution in [0.25, 0.3) is 11.0 Å². The molecule has 152 valence electrons. The van der Waals surface area contributed by atoms with E-state index in [1.165, 1.54) is 6.07 Å². The lowest BCUT2D eigenvalue weighted by Crippen LogP contribution is -2.24. The molecule has 0 unspecified atom stereocenters. The molecular formula is C22H24F2N4O. The number of hydrogen-bond donors (Lipinski definition) is 1. The van der Waals surface area contributed by atoms with E-state index in [0.29, 0.717) is 47.4 Å². The predicted octanol–water partition coefficient (Wildman–Crippen LogP) is 5.20. The van der Waals surface area contributed by atoms with Crippen LogP contribution >= 0.6 is 0 Å². The van der Waals surface area contributed by atoms with Gasteiger partial charge in [0.05, 0.1) is 11.4 Å². The Hall–Kier alpha value is -2.83. The predicted molar refractivity (Wildman–Crippen MR) is 108 cm³/mol. The highest BCUT2D eigenvalue weighted by molar-refractivity contribution is 6.00. The SMILES string of the molecule is CC(C)(C)CC(=O)c1cnc2[nH]nc(N3CCC[C@@H]3c3cc(F)ccc3F)c2c1. The summed E-state index contributed by atoms with van der Waals surface area (Å²) in [4.78, 5) is 19.0. The maximum atomic E-state index is 14.4. The van der Waals surface area contributed by atoms with Gasteiger partial charge in [0.1, 0.15) is 11.6 Å². The molecule has 1 aliphatic rings. The number of carbonyl (C=O) groups excluding carboxylic acids is 1. The van der Waals surface area contributed by atoms with Crippen molar-refractivity contribution in [3.8, 4) is 0 Å². The summed E-state index contributed by atoms with van der Waals surface area (Å²) < 4.78 is 28.1. The molecule has 0 spiro atoms. The first-order valence-corrected chi connectivity index (χ1v) is 9.82. The number of halogens is 2. The summed E-state index contributed by atoms with van der Waals surface area (Å²) in [5.74, 6) is -0.253. The van der Waals surface area contributed by atoms with E-state index in [2.05, 4.69) is 15.2 Å². The Morgan fingerprint density at radius 2 is 2.07 bits per heavy atom. The number of Topliss-reactive ketones (excluding diaryl/α,β-unsaturated/α-hetero) is 1. The highest BCUT2D eigenvalue weighted by Gasteiger charge is 2.31. The quantitative estimate of drug-likeness (QED) is 0.614. The van der Waals surface area contributed by atoms with Crippen LogP contribution in [0.5, 0.6) is 0 Å². The molecular weight excluding hydrogens is 374 g/mol. The lowest BCUT2D eigenvalue weighted by molar-refractivity contribution is 0.0939. The van der Waals surface area contributed by atoms with Crippen molar-refractivity contribution in [2.24, 2.45) is 5.41 Å². The molecule has 0 aliphatic carbocycles. The number of anilines is 1. The molecule has 5 nitrogen and oxygen atoms in total. The van der Waals surface area contributed by atoms with E-state index in [1.54, 1.807) is 12.3 Å². The van der Waals surface area contributed by atoms with Gasteiger partial charge in [0, 0.05) is 30.3 Å². The second kappa shape index (κ2) is 7.21. The largest absolute Gasteiger partial charge is 0.347 e. The van der Waals surface area contributed by atoms with Crippen LogP contribution in [0.4, 0.5) is 14.6 Å². The number of H-pyrrole nitrogens is 1. The van der Waals surface area contributed by atoms with Crippen molar-refractivity contribution in [1.82, 2.24) is 15.2 Å². The number of fused-ring (bicyclic) bond motifs is 1. The first kappa shape index (κ1) is 19.5. The standard InChI is InChI=1S/C22H24F2N4O/c1-22(2,3)11-19(29)13-9-16-20(25-12-13)26-27-21(16)28-8-4-5-18(28)15-10-14(23)6-7-17(15)24/h6-7,9-10,12,18H,4-5,8,11H2,1-3H3,(H,25,26,27)/t18-/m1/s1. The monoisotopic (exact) mass is 398 g/mol. The number of hydrogen-bond acceptors (Lipinski definition) is 4. The van der Waals surface area contributed by atoms with Crippen LogP contribution in [0.3, 0.4) is 0 Å². The van der Waals surface area contributed by atoms with Crippen molar-refractivity contribution in [2.45, 2.75) is 46.1 Å². The number of nitrogens with zero attached hydrogens (tertiary/aromatic N) is 3. The Balaban J connectivity index is 1.72. The minimum atomic E-state index is -0.461. The molecule has 0 radical (unpaired) electrons. The molecule has 0 saturated carbocycles. The van der Waals surface area contributed by atoms with E-state index in [9.17, 15) is 13.6 Å². The summed E-state index contributed by atoms with van der Waals surface area (Å²) in [5.41, 5.74) is 1.30. The number of nitrogens with one attached hydrogen (secondary N) is 1. The van der Waals surface area contributed by atoms with Crippen LogP contribution < -0.4 is 4.90 Å². The van der Waals surface area contributed by atoms with Gasteiger partial charge in [-0.3, -0.25) is 9.89 Å². The summed E-state index contributed by atoms with van der Waals surface area (Å²) in [6, 6.07) is 5.02. The van der Waals surface area contributed by atoms with Gasteiger partial charge in [0.15, 0.2) is 17.2 Å². The van der Waals surface area contributed by atoms with Crippen LogP contribution in [0.2, 0.25) is 0 Å². The number of ketones is 1. The van der Waals surface area contributed by atoms with Gasteiger partial charge in [-0.2, -0.15) is 5.10 Å². The van der Waals surface area contributed by atoms with Crippen LogP contribution in [-0.2, 0) is 0 Å². The fraction of sp³-hybridized carbons (Fsp3) is 0.409. The number of aromatic nitrogens is 3. The number of pyridine rings is 1. The van der Waals surface area contributed by atoms with Crippen molar-refractivity contribution >= 4 is 22.6 Å². The summed E-state index contributed by atoms with van der Waals surface area (Å²) in [6.45, 7) is 6.72. The van der Waals surface area contributed by atoms with Crippen molar-refractivity contribution in [2.75, 3.05) is 11.4 Å². The van der Waals surface area contributed by atoms with E-state index < -0.39 is 11.6 Å². The second-order valence-electron chi connectivity index (χ2n) is 8.85.